The first kappa shape index (κ1) is 16.7. The van der Waals surface area contributed by atoms with E-state index in [2.05, 4.69) is 6.92 Å². The molecule has 1 amide bonds. The van der Waals surface area contributed by atoms with Gasteiger partial charge in [-0.25, -0.2) is 0 Å². The summed E-state index contributed by atoms with van der Waals surface area (Å²) in [6.45, 7) is 8.16. The van der Waals surface area contributed by atoms with E-state index in [4.69, 9.17) is 0 Å². The molecule has 120 valence electrons. The van der Waals surface area contributed by atoms with Crippen LogP contribution < -0.4 is 0 Å². The van der Waals surface area contributed by atoms with Crippen molar-refractivity contribution in [3.8, 4) is 0 Å². The fourth-order valence-corrected chi connectivity index (χ4v) is 3.76. The number of hydrogen-bond donors (Lipinski definition) is 1. The Kier molecular flexibility index (Phi) is 5.06. The van der Waals surface area contributed by atoms with E-state index in [9.17, 15) is 14.7 Å². The van der Waals surface area contributed by atoms with Crippen molar-refractivity contribution in [1.29, 1.82) is 0 Å². The zero-order valence-electron chi connectivity index (χ0n) is 13.5. The second-order valence-electron chi connectivity index (χ2n) is 6.00. The molecule has 0 radical (unpaired) electrons. The third-order valence-corrected chi connectivity index (χ3v) is 5.07. The molecule has 5 heteroatoms. The van der Waals surface area contributed by atoms with Gasteiger partial charge in [-0.05, 0) is 30.4 Å². The summed E-state index contributed by atoms with van der Waals surface area (Å²) in [4.78, 5) is 27.6. The van der Waals surface area contributed by atoms with Gasteiger partial charge < -0.3 is 10.0 Å². The van der Waals surface area contributed by atoms with E-state index in [1.54, 1.807) is 18.7 Å². The minimum Gasteiger partial charge on any atom is -0.503 e. The zero-order chi connectivity index (χ0) is 16.4. The minimum absolute atomic E-state index is 0.150. The van der Waals surface area contributed by atoms with Crippen LogP contribution in [-0.4, -0.2) is 28.2 Å². The van der Waals surface area contributed by atoms with Crippen LogP contribution in [0, 0.1) is 12.8 Å². The molecule has 1 aromatic heterocycles. The number of hydrogen-bond acceptors (Lipinski definition) is 4. The maximum atomic E-state index is 12.5. The quantitative estimate of drug-likeness (QED) is 0.867. The molecule has 1 N–H and O–H groups in total. The lowest BCUT2D eigenvalue weighted by molar-refractivity contribution is -0.129. The highest BCUT2D eigenvalue weighted by Crippen LogP contribution is 2.42. The third-order valence-electron chi connectivity index (χ3n) is 4.00. The smallest absolute Gasteiger partial charge is 0.290 e. The Balaban J connectivity index is 2.50. The molecule has 2 heterocycles. The summed E-state index contributed by atoms with van der Waals surface area (Å²) >= 11 is 1.53. The third kappa shape index (κ3) is 2.82. The maximum Gasteiger partial charge on any atom is 0.290 e. The summed E-state index contributed by atoms with van der Waals surface area (Å²) in [7, 11) is 0. The molecule has 4 nitrogen and oxygen atoms in total. The Labute approximate surface area is 135 Å². The standard InChI is InChI=1S/C17H23NO3S/c1-5-6-8-18-13(16-11(4)7-9-22-16)12(14(19)10(2)3)15(20)17(18)21/h7,9-10,13,20H,5-6,8H2,1-4H3. The molecule has 1 aromatic rings. The average molecular weight is 321 g/mol. The Morgan fingerprint density at radius 3 is 2.64 bits per heavy atom. The van der Waals surface area contributed by atoms with Crippen LogP contribution in [0.4, 0.5) is 0 Å². The lowest BCUT2D eigenvalue weighted by Crippen LogP contribution is -2.32. The topological polar surface area (TPSA) is 57.6 Å². The van der Waals surface area contributed by atoms with Gasteiger partial charge in [-0.2, -0.15) is 0 Å². The number of carbonyl (C=O) groups is 2. The fraction of sp³-hybridized carbons (Fsp3) is 0.529. The molecular weight excluding hydrogens is 298 g/mol. The molecule has 22 heavy (non-hydrogen) atoms. The summed E-state index contributed by atoms with van der Waals surface area (Å²) in [5.74, 6) is -1.19. The van der Waals surface area contributed by atoms with E-state index in [0.29, 0.717) is 6.54 Å². The Morgan fingerprint density at radius 1 is 1.45 bits per heavy atom. The number of ketones is 1. The van der Waals surface area contributed by atoms with Gasteiger partial charge in [0.25, 0.3) is 5.91 Å². The van der Waals surface area contributed by atoms with Gasteiger partial charge in [0.05, 0.1) is 11.6 Å². The van der Waals surface area contributed by atoms with Crippen molar-refractivity contribution in [2.45, 2.75) is 46.6 Å². The molecule has 0 saturated heterocycles. The van der Waals surface area contributed by atoms with Gasteiger partial charge >= 0.3 is 0 Å². The van der Waals surface area contributed by atoms with Crippen molar-refractivity contribution in [1.82, 2.24) is 4.90 Å². The van der Waals surface area contributed by atoms with Crippen LogP contribution in [0.3, 0.4) is 0 Å². The van der Waals surface area contributed by atoms with Gasteiger partial charge in [0.15, 0.2) is 11.5 Å². The summed E-state index contributed by atoms with van der Waals surface area (Å²) < 4.78 is 0. The van der Waals surface area contributed by atoms with Crippen molar-refractivity contribution in [3.05, 3.63) is 33.2 Å². The minimum atomic E-state index is -0.436. The summed E-state index contributed by atoms with van der Waals surface area (Å²) in [5, 5.41) is 12.2. The molecule has 1 aliphatic rings. The largest absolute Gasteiger partial charge is 0.503 e. The summed E-state index contributed by atoms with van der Waals surface area (Å²) in [6, 6.07) is 1.55. The second-order valence-corrected chi connectivity index (χ2v) is 6.95. The monoisotopic (exact) mass is 321 g/mol. The number of aliphatic hydroxyl groups is 1. The number of carbonyl (C=O) groups excluding carboxylic acids is 2. The normalized spacial score (nSPS) is 18.7. The molecule has 0 fully saturated rings. The van der Waals surface area contributed by atoms with Crippen molar-refractivity contribution in [2.24, 2.45) is 5.92 Å². The van der Waals surface area contributed by atoms with Crippen molar-refractivity contribution >= 4 is 23.0 Å². The number of aryl methyl sites for hydroxylation is 1. The molecule has 1 unspecified atom stereocenters. The zero-order valence-corrected chi connectivity index (χ0v) is 14.4. The molecule has 2 rings (SSSR count). The number of aliphatic hydroxyl groups excluding tert-OH is 1. The molecule has 1 atom stereocenters. The van der Waals surface area contributed by atoms with Gasteiger partial charge in [-0.3, -0.25) is 9.59 Å². The average Bonchev–Trinajstić information content (AvgIpc) is 2.99. The van der Waals surface area contributed by atoms with Gasteiger partial charge in [0.2, 0.25) is 0 Å². The number of unbranched alkanes of at least 4 members (excludes halogenated alkanes) is 1. The second kappa shape index (κ2) is 6.65. The Morgan fingerprint density at radius 2 is 2.14 bits per heavy atom. The summed E-state index contributed by atoms with van der Waals surface area (Å²) in [5.41, 5.74) is 1.31. The summed E-state index contributed by atoms with van der Waals surface area (Å²) in [6.07, 6.45) is 1.80. The van der Waals surface area contributed by atoms with Crippen LogP contribution in [0.25, 0.3) is 0 Å². The molecular formula is C17H23NO3S. The lowest BCUT2D eigenvalue weighted by atomic mass is 9.93. The van der Waals surface area contributed by atoms with Gasteiger partial charge in [0, 0.05) is 17.3 Å². The Hall–Kier alpha value is -1.62. The van der Waals surface area contributed by atoms with Crippen LogP contribution in [-0.2, 0) is 9.59 Å². The first-order valence-electron chi connectivity index (χ1n) is 7.72. The predicted octanol–water partition coefficient (Wildman–Crippen LogP) is 3.78. The molecule has 0 spiro atoms. The van der Waals surface area contributed by atoms with Crippen LogP contribution >= 0.6 is 11.3 Å². The molecule has 1 aliphatic heterocycles. The van der Waals surface area contributed by atoms with E-state index >= 15 is 0 Å². The number of nitrogens with zero attached hydrogens (tertiary/aromatic N) is 1. The Bertz CT molecular complexity index is 615. The highest BCUT2D eigenvalue weighted by Gasteiger charge is 2.44. The van der Waals surface area contributed by atoms with Crippen LogP contribution in [0.2, 0.25) is 0 Å². The van der Waals surface area contributed by atoms with E-state index in [1.807, 2.05) is 18.4 Å². The van der Waals surface area contributed by atoms with E-state index in [-0.39, 0.29) is 23.0 Å². The SMILES string of the molecule is CCCCN1C(=O)C(O)=C(C(=O)C(C)C)C1c1sccc1C. The highest BCUT2D eigenvalue weighted by molar-refractivity contribution is 7.10. The fourth-order valence-electron chi connectivity index (χ4n) is 2.71. The molecule has 0 aliphatic carbocycles. The molecule has 0 saturated carbocycles. The highest BCUT2D eigenvalue weighted by atomic mass is 32.1. The van der Waals surface area contributed by atoms with Gasteiger partial charge in [0.1, 0.15) is 0 Å². The first-order valence-corrected chi connectivity index (χ1v) is 8.60. The van der Waals surface area contributed by atoms with Gasteiger partial charge in [-0.15, -0.1) is 11.3 Å². The number of amides is 1. The van der Waals surface area contributed by atoms with Crippen molar-refractivity contribution in [3.63, 3.8) is 0 Å². The van der Waals surface area contributed by atoms with Crippen LogP contribution in [0.15, 0.2) is 22.8 Å². The van der Waals surface area contributed by atoms with E-state index in [0.717, 1.165) is 23.3 Å². The van der Waals surface area contributed by atoms with E-state index in [1.165, 1.54) is 11.3 Å². The number of rotatable bonds is 6. The van der Waals surface area contributed by atoms with Crippen molar-refractivity contribution < 1.29 is 14.7 Å². The molecule has 0 bridgehead atoms. The van der Waals surface area contributed by atoms with Crippen molar-refractivity contribution in [2.75, 3.05) is 6.54 Å². The van der Waals surface area contributed by atoms with Crippen LogP contribution in [0.5, 0.6) is 0 Å². The van der Waals surface area contributed by atoms with Gasteiger partial charge in [-0.1, -0.05) is 27.2 Å². The molecule has 0 aromatic carbocycles. The number of thiophene rings is 1. The van der Waals surface area contributed by atoms with E-state index < -0.39 is 11.9 Å². The van der Waals surface area contributed by atoms with Crippen LogP contribution in [0.1, 0.15) is 50.1 Å². The predicted molar refractivity (Wildman–Crippen MR) is 87.9 cm³/mol. The number of Topliss-reactive ketones (excluding diaryl/α,β-unsaturated/α-hetero) is 1. The lowest BCUT2D eigenvalue weighted by Gasteiger charge is -2.26. The maximum absolute atomic E-state index is 12.5. The first-order chi connectivity index (χ1) is 10.4.